The van der Waals surface area contributed by atoms with Gasteiger partial charge in [0.25, 0.3) is 0 Å². The van der Waals surface area contributed by atoms with E-state index in [2.05, 4.69) is 0 Å². The maximum Gasteiger partial charge on any atom is 0.155 e. The molecular weight excluding hydrogens is 296 g/mol. The third-order valence-electron chi connectivity index (χ3n) is 3.98. The van der Waals surface area contributed by atoms with Gasteiger partial charge in [-0.25, -0.2) is 8.42 Å². The van der Waals surface area contributed by atoms with Crippen molar-refractivity contribution in [3.8, 4) is 11.1 Å². The molecule has 0 saturated heterocycles. The lowest BCUT2D eigenvalue weighted by Crippen LogP contribution is -2.29. The van der Waals surface area contributed by atoms with E-state index in [4.69, 9.17) is 0 Å². The van der Waals surface area contributed by atoms with Crippen LogP contribution in [0.1, 0.15) is 31.9 Å². The average molecular weight is 318 g/mol. The standard InChI is InChI=1S/C18H22O3S/c1-3-17(22(20,21)4-2)18(19)16-12-10-15(11-13-16)14-8-6-5-7-9-14/h5-13,17-19H,3-4H2,1-2H3/t17-,18+/m0/s1. The van der Waals surface area contributed by atoms with E-state index in [1.807, 2.05) is 42.5 Å². The van der Waals surface area contributed by atoms with Crippen LogP contribution in [0, 0.1) is 0 Å². The summed E-state index contributed by atoms with van der Waals surface area (Å²) in [7, 11) is -3.27. The molecule has 2 aromatic carbocycles. The second kappa shape index (κ2) is 7.07. The van der Waals surface area contributed by atoms with Crippen LogP contribution in [0.2, 0.25) is 0 Å². The zero-order valence-electron chi connectivity index (χ0n) is 12.9. The van der Waals surface area contributed by atoms with Gasteiger partial charge < -0.3 is 5.11 Å². The summed E-state index contributed by atoms with van der Waals surface area (Å²) in [5.41, 5.74) is 2.78. The SMILES string of the molecule is CC[C@@H]([C@H](O)c1ccc(-c2ccccc2)cc1)S(=O)(=O)CC. The van der Waals surface area contributed by atoms with Gasteiger partial charge in [0.05, 0.1) is 11.4 Å². The summed E-state index contributed by atoms with van der Waals surface area (Å²) in [6.07, 6.45) is -0.586. The molecule has 3 nitrogen and oxygen atoms in total. The Morgan fingerprint density at radius 2 is 1.45 bits per heavy atom. The molecular formula is C18H22O3S. The van der Waals surface area contributed by atoms with Crippen molar-refractivity contribution in [1.29, 1.82) is 0 Å². The minimum Gasteiger partial charge on any atom is -0.387 e. The lowest BCUT2D eigenvalue weighted by molar-refractivity contribution is 0.169. The Bertz CT molecular complexity index is 691. The van der Waals surface area contributed by atoms with Gasteiger partial charge in [-0.15, -0.1) is 0 Å². The molecule has 0 aliphatic rings. The quantitative estimate of drug-likeness (QED) is 0.885. The Morgan fingerprint density at radius 1 is 0.909 bits per heavy atom. The van der Waals surface area contributed by atoms with E-state index in [-0.39, 0.29) is 5.75 Å². The van der Waals surface area contributed by atoms with E-state index in [9.17, 15) is 13.5 Å². The number of aliphatic hydroxyl groups is 1. The van der Waals surface area contributed by atoms with Crippen molar-refractivity contribution in [2.75, 3.05) is 5.75 Å². The molecule has 1 N–H and O–H groups in total. The zero-order valence-corrected chi connectivity index (χ0v) is 13.8. The largest absolute Gasteiger partial charge is 0.387 e. The molecule has 4 heteroatoms. The van der Waals surface area contributed by atoms with Gasteiger partial charge in [-0.05, 0) is 23.1 Å². The lowest BCUT2D eigenvalue weighted by Gasteiger charge is -2.21. The topological polar surface area (TPSA) is 54.4 Å². The van der Waals surface area contributed by atoms with E-state index in [1.165, 1.54) is 0 Å². The maximum absolute atomic E-state index is 12.1. The van der Waals surface area contributed by atoms with Crippen LogP contribution >= 0.6 is 0 Å². The summed E-state index contributed by atoms with van der Waals surface area (Å²) < 4.78 is 24.1. The average Bonchev–Trinajstić information content (AvgIpc) is 2.56. The molecule has 0 heterocycles. The molecule has 0 bridgehead atoms. The predicted molar refractivity (Wildman–Crippen MR) is 90.4 cm³/mol. The Labute approximate surface area is 132 Å². The van der Waals surface area contributed by atoms with Crippen LogP contribution in [0.5, 0.6) is 0 Å². The summed E-state index contributed by atoms with van der Waals surface area (Å²) in [5.74, 6) is 0.0463. The van der Waals surface area contributed by atoms with Gasteiger partial charge in [0, 0.05) is 5.75 Å². The molecule has 0 aromatic heterocycles. The second-order valence-corrected chi connectivity index (χ2v) is 7.84. The van der Waals surface area contributed by atoms with Gasteiger partial charge in [-0.1, -0.05) is 68.4 Å². The van der Waals surface area contributed by atoms with Gasteiger partial charge in [0.1, 0.15) is 0 Å². The fourth-order valence-corrected chi connectivity index (χ4v) is 4.09. The van der Waals surface area contributed by atoms with Crippen LogP contribution in [-0.2, 0) is 9.84 Å². The van der Waals surface area contributed by atoms with Crippen molar-refractivity contribution in [1.82, 2.24) is 0 Å². The minimum atomic E-state index is -3.27. The van der Waals surface area contributed by atoms with E-state index >= 15 is 0 Å². The second-order valence-electron chi connectivity index (χ2n) is 5.33. The molecule has 0 unspecified atom stereocenters. The molecule has 118 valence electrons. The lowest BCUT2D eigenvalue weighted by atomic mass is 10.00. The first-order valence-electron chi connectivity index (χ1n) is 7.54. The summed E-state index contributed by atoms with van der Waals surface area (Å²) in [6.45, 7) is 3.41. The first-order chi connectivity index (χ1) is 10.5. The smallest absolute Gasteiger partial charge is 0.155 e. The molecule has 22 heavy (non-hydrogen) atoms. The van der Waals surface area contributed by atoms with Crippen molar-refractivity contribution in [2.45, 2.75) is 31.6 Å². The highest BCUT2D eigenvalue weighted by atomic mass is 32.2. The number of hydrogen-bond acceptors (Lipinski definition) is 3. The first kappa shape index (κ1) is 16.7. The highest BCUT2D eigenvalue weighted by molar-refractivity contribution is 7.92. The molecule has 0 radical (unpaired) electrons. The van der Waals surface area contributed by atoms with Crippen LogP contribution in [0.3, 0.4) is 0 Å². The van der Waals surface area contributed by atoms with Crippen molar-refractivity contribution in [3.63, 3.8) is 0 Å². The molecule has 0 fully saturated rings. The molecule has 2 atom stereocenters. The van der Waals surface area contributed by atoms with Crippen molar-refractivity contribution >= 4 is 9.84 Å². The number of benzene rings is 2. The van der Waals surface area contributed by atoms with Crippen molar-refractivity contribution in [2.24, 2.45) is 0 Å². The summed E-state index contributed by atoms with van der Waals surface area (Å²) in [4.78, 5) is 0. The van der Waals surface area contributed by atoms with Gasteiger partial charge in [0.15, 0.2) is 9.84 Å². The molecule has 0 amide bonds. The van der Waals surface area contributed by atoms with Crippen molar-refractivity contribution < 1.29 is 13.5 Å². The number of hydrogen-bond donors (Lipinski definition) is 1. The molecule has 0 aliphatic heterocycles. The van der Waals surface area contributed by atoms with E-state index in [1.54, 1.807) is 26.0 Å². The number of rotatable bonds is 6. The van der Waals surface area contributed by atoms with E-state index < -0.39 is 21.2 Å². The van der Waals surface area contributed by atoms with Crippen molar-refractivity contribution in [3.05, 3.63) is 60.2 Å². The molecule has 2 rings (SSSR count). The van der Waals surface area contributed by atoms with Crippen LogP contribution in [-0.4, -0.2) is 24.5 Å². The Balaban J connectivity index is 2.26. The summed E-state index contributed by atoms with van der Waals surface area (Å²) in [6, 6.07) is 17.4. The highest BCUT2D eigenvalue weighted by Crippen LogP contribution is 2.27. The highest BCUT2D eigenvalue weighted by Gasteiger charge is 2.30. The summed E-state index contributed by atoms with van der Waals surface area (Å²) >= 11 is 0. The fourth-order valence-electron chi connectivity index (χ4n) is 2.61. The van der Waals surface area contributed by atoms with Crippen LogP contribution < -0.4 is 0 Å². The zero-order chi connectivity index (χ0) is 16.2. The van der Waals surface area contributed by atoms with E-state index in [0.717, 1.165) is 11.1 Å². The third-order valence-corrected chi connectivity index (χ3v) is 6.30. The first-order valence-corrected chi connectivity index (χ1v) is 9.26. The Kier molecular flexibility index (Phi) is 5.37. The summed E-state index contributed by atoms with van der Waals surface area (Å²) in [5, 5.41) is 9.68. The normalized spacial score (nSPS) is 14.5. The molecule has 2 aromatic rings. The van der Waals surface area contributed by atoms with Gasteiger partial charge >= 0.3 is 0 Å². The molecule has 0 spiro atoms. The Morgan fingerprint density at radius 3 is 1.95 bits per heavy atom. The minimum absolute atomic E-state index is 0.0463. The van der Waals surface area contributed by atoms with E-state index in [0.29, 0.717) is 12.0 Å². The number of aliphatic hydroxyl groups excluding tert-OH is 1. The van der Waals surface area contributed by atoms with Crippen LogP contribution in [0.4, 0.5) is 0 Å². The van der Waals surface area contributed by atoms with Gasteiger partial charge in [-0.2, -0.15) is 0 Å². The fraction of sp³-hybridized carbons (Fsp3) is 0.333. The third kappa shape index (κ3) is 3.57. The van der Waals surface area contributed by atoms with Crippen LogP contribution in [0.25, 0.3) is 11.1 Å². The van der Waals surface area contributed by atoms with Gasteiger partial charge in [-0.3, -0.25) is 0 Å². The maximum atomic E-state index is 12.1. The van der Waals surface area contributed by atoms with Crippen LogP contribution in [0.15, 0.2) is 54.6 Å². The van der Waals surface area contributed by atoms with Gasteiger partial charge in [0.2, 0.25) is 0 Å². The Hall–Kier alpha value is -1.65. The molecule has 0 saturated carbocycles. The molecule has 0 aliphatic carbocycles. The predicted octanol–water partition coefficient (Wildman–Crippen LogP) is 3.60. The number of sulfone groups is 1. The monoisotopic (exact) mass is 318 g/mol.